The van der Waals surface area contributed by atoms with Crippen molar-refractivity contribution in [1.82, 2.24) is 5.32 Å². The van der Waals surface area contributed by atoms with Crippen molar-refractivity contribution in [1.29, 1.82) is 0 Å². The zero-order valence-electron chi connectivity index (χ0n) is 15.6. The van der Waals surface area contributed by atoms with Crippen LogP contribution in [0, 0.1) is 0 Å². The van der Waals surface area contributed by atoms with Crippen molar-refractivity contribution in [2.75, 3.05) is 30.4 Å². The van der Waals surface area contributed by atoms with Crippen molar-refractivity contribution in [3.63, 3.8) is 0 Å². The first kappa shape index (κ1) is 20.7. The van der Waals surface area contributed by atoms with Gasteiger partial charge < -0.3 is 20.6 Å². The second-order valence-electron chi connectivity index (χ2n) is 6.82. The Morgan fingerprint density at radius 3 is 2.66 bits per heavy atom. The summed E-state index contributed by atoms with van der Waals surface area (Å²) in [6.45, 7) is 0.685. The van der Waals surface area contributed by atoms with E-state index in [0.29, 0.717) is 5.56 Å². The second kappa shape index (κ2) is 8.12. The Morgan fingerprint density at radius 2 is 1.93 bits per heavy atom. The molecular weight excluding hydrogens is 387 g/mol. The van der Waals surface area contributed by atoms with Gasteiger partial charge in [0, 0.05) is 31.5 Å². The fraction of sp³-hybridized carbons (Fsp3) is 0.300. The third-order valence-electron chi connectivity index (χ3n) is 4.73. The Morgan fingerprint density at radius 1 is 1.17 bits per heavy atom. The molecule has 0 spiro atoms. The number of anilines is 2. The number of alkyl halides is 3. The minimum absolute atomic E-state index is 0.150. The maximum absolute atomic E-state index is 12.7. The summed E-state index contributed by atoms with van der Waals surface area (Å²) < 4.78 is 38.1. The highest BCUT2D eigenvalue weighted by Crippen LogP contribution is 2.31. The minimum atomic E-state index is -4.56. The molecule has 29 heavy (non-hydrogen) atoms. The number of halogens is 3. The van der Waals surface area contributed by atoms with Crippen molar-refractivity contribution in [3.05, 3.63) is 59.2 Å². The first-order valence-electron chi connectivity index (χ1n) is 8.93. The number of nitrogens with zero attached hydrogens (tertiary/aromatic N) is 1. The fourth-order valence-electron chi connectivity index (χ4n) is 3.14. The van der Waals surface area contributed by atoms with E-state index >= 15 is 0 Å². The lowest BCUT2D eigenvalue weighted by atomic mass is 10.0. The molecule has 1 aliphatic rings. The normalized spacial score (nSPS) is 14.3. The molecule has 9 heteroatoms. The van der Waals surface area contributed by atoms with E-state index in [2.05, 4.69) is 15.5 Å². The number of aliphatic hydroxyl groups is 1. The van der Waals surface area contributed by atoms with Gasteiger partial charge in [-0.1, -0.05) is 18.2 Å². The predicted octanol–water partition coefficient (Wildman–Crippen LogP) is 2.49. The van der Waals surface area contributed by atoms with Crippen LogP contribution < -0.4 is 15.5 Å². The van der Waals surface area contributed by atoms with Crippen LogP contribution >= 0.6 is 0 Å². The SMILES string of the molecule is CN1CCc2cc([C@H](O)CNC(=O)C(=O)Nc3cccc(C(F)(F)F)c3)ccc21. The molecule has 2 amide bonds. The molecule has 2 aromatic carbocycles. The van der Waals surface area contributed by atoms with Gasteiger partial charge in [-0.3, -0.25) is 9.59 Å². The van der Waals surface area contributed by atoms with Gasteiger partial charge in [0.2, 0.25) is 0 Å². The number of amides is 2. The number of carbonyl (C=O) groups is 2. The molecule has 0 unspecified atom stereocenters. The van der Waals surface area contributed by atoms with Crippen LogP contribution in [0.5, 0.6) is 0 Å². The first-order chi connectivity index (χ1) is 13.6. The number of carbonyl (C=O) groups excluding carboxylic acids is 2. The highest BCUT2D eigenvalue weighted by molar-refractivity contribution is 6.39. The summed E-state index contributed by atoms with van der Waals surface area (Å²) >= 11 is 0. The van der Waals surface area contributed by atoms with Crippen LogP contribution in [0.4, 0.5) is 24.5 Å². The quantitative estimate of drug-likeness (QED) is 0.681. The van der Waals surface area contributed by atoms with E-state index in [0.717, 1.165) is 42.4 Å². The molecule has 6 nitrogen and oxygen atoms in total. The van der Waals surface area contributed by atoms with Crippen LogP contribution in [0.25, 0.3) is 0 Å². The number of nitrogens with one attached hydrogen (secondary N) is 2. The summed E-state index contributed by atoms with van der Waals surface area (Å²) in [6.07, 6.45) is -4.72. The van der Waals surface area contributed by atoms with Crippen LogP contribution in [0.3, 0.4) is 0 Å². The zero-order valence-corrected chi connectivity index (χ0v) is 15.6. The Kier molecular flexibility index (Phi) is 5.78. The molecule has 0 radical (unpaired) electrons. The number of fused-ring (bicyclic) bond motifs is 1. The molecule has 1 heterocycles. The number of hydrogen-bond acceptors (Lipinski definition) is 4. The molecule has 0 saturated heterocycles. The Hall–Kier alpha value is -3.07. The van der Waals surface area contributed by atoms with Crippen molar-refractivity contribution < 1.29 is 27.9 Å². The van der Waals surface area contributed by atoms with Crippen LogP contribution in [-0.4, -0.2) is 37.1 Å². The summed E-state index contributed by atoms with van der Waals surface area (Å²) in [5.41, 5.74) is 1.71. The lowest BCUT2D eigenvalue weighted by molar-refractivity contribution is -0.137. The summed E-state index contributed by atoms with van der Waals surface area (Å²) in [5.74, 6) is -2.17. The molecule has 0 fully saturated rings. The Labute approximate surface area is 165 Å². The molecular formula is C20H20F3N3O3. The minimum Gasteiger partial charge on any atom is -0.387 e. The van der Waals surface area contributed by atoms with E-state index in [9.17, 15) is 27.9 Å². The van der Waals surface area contributed by atoms with E-state index in [4.69, 9.17) is 0 Å². The van der Waals surface area contributed by atoms with Crippen LogP contribution in [-0.2, 0) is 22.2 Å². The van der Waals surface area contributed by atoms with Crippen molar-refractivity contribution in [2.24, 2.45) is 0 Å². The summed E-state index contributed by atoms with van der Waals surface area (Å²) in [4.78, 5) is 26.0. The lowest BCUT2D eigenvalue weighted by Gasteiger charge is -2.15. The van der Waals surface area contributed by atoms with E-state index in [-0.39, 0.29) is 12.2 Å². The van der Waals surface area contributed by atoms with Crippen molar-refractivity contribution in [2.45, 2.75) is 18.7 Å². The largest absolute Gasteiger partial charge is 0.416 e. The summed E-state index contributed by atoms with van der Waals surface area (Å²) in [6, 6.07) is 9.48. The molecule has 0 aromatic heterocycles. The van der Waals surface area contributed by atoms with Gasteiger partial charge in [0.05, 0.1) is 11.7 Å². The molecule has 3 N–H and O–H groups in total. The number of rotatable bonds is 4. The topological polar surface area (TPSA) is 81.7 Å². The number of aliphatic hydroxyl groups excluding tert-OH is 1. The van der Waals surface area contributed by atoms with Gasteiger partial charge in [-0.05, 0) is 41.8 Å². The van der Waals surface area contributed by atoms with Gasteiger partial charge in [-0.15, -0.1) is 0 Å². The summed E-state index contributed by atoms with van der Waals surface area (Å²) in [7, 11) is 1.98. The third kappa shape index (κ3) is 4.86. The molecule has 0 bridgehead atoms. The van der Waals surface area contributed by atoms with Gasteiger partial charge in [0.25, 0.3) is 0 Å². The molecule has 2 aromatic rings. The highest BCUT2D eigenvalue weighted by Gasteiger charge is 2.30. The average molecular weight is 407 g/mol. The van der Waals surface area contributed by atoms with Crippen molar-refractivity contribution in [3.8, 4) is 0 Å². The number of benzene rings is 2. The Bertz CT molecular complexity index is 931. The molecule has 0 aliphatic carbocycles. The van der Waals surface area contributed by atoms with Crippen LogP contribution in [0.15, 0.2) is 42.5 Å². The first-order valence-corrected chi connectivity index (χ1v) is 8.93. The smallest absolute Gasteiger partial charge is 0.387 e. The van der Waals surface area contributed by atoms with Crippen LogP contribution in [0.2, 0.25) is 0 Å². The van der Waals surface area contributed by atoms with Crippen LogP contribution in [0.1, 0.15) is 22.8 Å². The van der Waals surface area contributed by atoms with E-state index in [1.165, 1.54) is 6.07 Å². The van der Waals surface area contributed by atoms with E-state index in [1.54, 1.807) is 6.07 Å². The van der Waals surface area contributed by atoms with Gasteiger partial charge in [-0.25, -0.2) is 0 Å². The molecule has 3 rings (SSSR count). The monoisotopic (exact) mass is 407 g/mol. The average Bonchev–Trinajstić information content (AvgIpc) is 3.05. The zero-order chi connectivity index (χ0) is 21.2. The van der Waals surface area contributed by atoms with E-state index in [1.807, 2.05) is 19.2 Å². The van der Waals surface area contributed by atoms with Gasteiger partial charge in [0.15, 0.2) is 0 Å². The lowest BCUT2D eigenvalue weighted by Crippen LogP contribution is -2.37. The molecule has 0 saturated carbocycles. The summed E-state index contributed by atoms with van der Waals surface area (Å²) in [5, 5.41) is 14.7. The van der Waals surface area contributed by atoms with Gasteiger partial charge >= 0.3 is 18.0 Å². The molecule has 1 atom stereocenters. The fourth-order valence-corrected chi connectivity index (χ4v) is 3.14. The standard InChI is InChI=1S/C20H20F3N3O3/c1-26-8-7-12-9-13(5-6-16(12)26)17(27)11-24-18(28)19(29)25-15-4-2-3-14(10-15)20(21,22)23/h2-6,9-10,17,27H,7-8,11H2,1H3,(H,24,28)(H,25,29)/t17-/m1/s1. The van der Waals surface area contributed by atoms with E-state index < -0.39 is 29.7 Å². The Balaban J connectivity index is 1.56. The van der Waals surface area contributed by atoms with Gasteiger partial charge in [-0.2, -0.15) is 13.2 Å². The number of likely N-dealkylation sites (N-methyl/N-ethyl adjacent to an activating group) is 1. The predicted molar refractivity (Wildman–Crippen MR) is 101 cm³/mol. The third-order valence-corrected chi connectivity index (χ3v) is 4.73. The second-order valence-corrected chi connectivity index (χ2v) is 6.82. The van der Waals surface area contributed by atoms with Gasteiger partial charge in [0.1, 0.15) is 0 Å². The highest BCUT2D eigenvalue weighted by atomic mass is 19.4. The maximum Gasteiger partial charge on any atom is 0.416 e. The van der Waals surface area contributed by atoms with Crippen molar-refractivity contribution >= 4 is 23.2 Å². The number of hydrogen-bond donors (Lipinski definition) is 3. The molecule has 154 valence electrons. The molecule has 1 aliphatic heterocycles. The maximum atomic E-state index is 12.7.